The van der Waals surface area contributed by atoms with Crippen LogP contribution in [0.4, 0.5) is 0 Å². The van der Waals surface area contributed by atoms with Crippen LogP contribution in [0.2, 0.25) is 5.02 Å². The van der Waals surface area contributed by atoms with Gasteiger partial charge in [-0.05, 0) is 31.2 Å². The highest BCUT2D eigenvalue weighted by molar-refractivity contribution is 7.89. The van der Waals surface area contributed by atoms with Crippen LogP contribution < -0.4 is 0 Å². The van der Waals surface area contributed by atoms with Gasteiger partial charge in [0, 0.05) is 19.7 Å². The van der Waals surface area contributed by atoms with E-state index in [1.807, 2.05) is 6.92 Å². The fourth-order valence-electron chi connectivity index (χ4n) is 2.65. The summed E-state index contributed by atoms with van der Waals surface area (Å²) in [5, 5.41) is 4.38. The van der Waals surface area contributed by atoms with E-state index in [0.717, 1.165) is 9.87 Å². The molecule has 0 aliphatic rings. The molecule has 0 radical (unpaired) electrons. The Kier molecular flexibility index (Phi) is 6.55. The number of amides is 1. The van der Waals surface area contributed by atoms with Crippen LogP contribution in [0.15, 0.2) is 57.9 Å². The van der Waals surface area contributed by atoms with Crippen molar-refractivity contribution in [2.75, 3.05) is 20.6 Å². The predicted octanol–water partition coefficient (Wildman–Crippen LogP) is 2.98. The van der Waals surface area contributed by atoms with Gasteiger partial charge < -0.3 is 9.42 Å². The smallest absolute Gasteiger partial charge is 0.246 e. The molecular formula is C20H21ClN4O4S. The van der Waals surface area contributed by atoms with Gasteiger partial charge in [0.25, 0.3) is 0 Å². The van der Waals surface area contributed by atoms with E-state index in [1.54, 1.807) is 36.4 Å². The van der Waals surface area contributed by atoms with Gasteiger partial charge in [0.1, 0.15) is 0 Å². The average molecular weight is 449 g/mol. The van der Waals surface area contributed by atoms with Crippen molar-refractivity contribution >= 4 is 27.5 Å². The van der Waals surface area contributed by atoms with E-state index < -0.39 is 15.9 Å². The lowest BCUT2D eigenvalue weighted by Crippen LogP contribution is -2.39. The molecule has 1 aromatic heterocycles. The van der Waals surface area contributed by atoms with Gasteiger partial charge in [0.2, 0.25) is 27.6 Å². The van der Waals surface area contributed by atoms with E-state index in [1.165, 1.54) is 31.1 Å². The van der Waals surface area contributed by atoms with Gasteiger partial charge in [-0.1, -0.05) is 46.6 Å². The molecule has 1 amide bonds. The van der Waals surface area contributed by atoms with Gasteiger partial charge in [-0.15, -0.1) is 0 Å². The van der Waals surface area contributed by atoms with E-state index in [-0.39, 0.29) is 23.9 Å². The molecule has 0 saturated heterocycles. The van der Waals surface area contributed by atoms with Crippen LogP contribution in [0.25, 0.3) is 11.4 Å². The number of halogens is 1. The lowest BCUT2D eigenvalue weighted by molar-refractivity contribution is -0.130. The summed E-state index contributed by atoms with van der Waals surface area (Å²) in [5.41, 5.74) is 1.57. The SMILES string of the molecule is Cc1ccc(S(=O)(=O)N(C)CC(=O)N(C)Cc2nc(-c3ccccc3Cl)no2)cc1. The normalized spacial score (nSPS) is 11.6. The fraction of sp³-hybridized carbons (Fsp3) is 0.250. The molecule has 0 aliphatic heterocycles. The van der Waals surface area contributed by atoms with Crippen molar-refractivity contribution in [3.8, 4) is 11.4 Å². The molecule has 0 unspecified atom stereocenters. The molecule has 3 rings (SSSR count). The molecule has 10 heteroatoms. The zero-order valence-corrected chi connectivity index (χ0v) is 18.3. The Labute approximate surface area is 180 Å². The van der Waals surface area contributed by atoms with Crippen molar-refractivity contribution in [3.05, 3.63) is 65.0 Å². The van der Waals surface area contributed by atoms with Gasteiger partial charge >= 0.3 is 0 Å². The van der Waals surface area contributed by atoms with Gasteiger partial charge in [-0.25, -0.2) is 8.42 Å². The van der Waals surface area contributed by atoms with Crippen molar-refractivity contribution in [2.24, 2.45) is 0 Å². The van der Waals surface area contributed by atoms with Crippen molar-refractivity contribution < 1.29 is 17.7 Å². The quantitative estimate of drug-likeness (QED) is 0.551. The second kappa shape index (κ2) is 8.95. The summed E-state index contributed by atoms with van der Waals surface area (Å²) in [6.45, 7) is 1.58. The molecule has 158 valence electrons. The second-order valence-electron chi connectivity index (χ2n) is 6.82. The third kappa shape index (κ3) is 4.86. The number of likely N-dealkylation sites (N-methyl/N-ethyl adjacent to an activating group) is 2. The van der Waals surface area contributed by atoms with E-state index >= 15 is 0 Å². The van der Waals surface area contributed by atoms with Crippen LogP contribution in [0.5, 0.6) is 0 Å². The molecule has 0 aliphatic carbocycles. The van der Waals surface area contributed by atoms with E-state index in [9.17, 15) is 13.2 Å². The minimum absolute atomic E-state index is 0.0364. The molecule has 2 aromatic carbocycles. The number of sulfonamides is 1. The largest absolute Gasteiger partial charge is 0.337 e. The summed E-state index contributed by atoms with van der Waals surface area (Å²) in [6.07, 6.45) is 0. The number of benzene rings is 2. The molecule has 1 heterocycles. The highest BCUT2D eigenvalue weighted by atomic mass is 35.5. The molecular weight excluding hydrogens is 428 g/mol. The number of aryl methyl sites for hydroxylation is 1. The summed E-state index contributed by atoms with van der Waals surface area (Å²) in [6, 6.07) is 13.5. The summed E-state index contributed by atoms with van der Waals surface area (Å²) >= 11 is 6.13. The van der Waals surface area contributed by atoms with Gasteiger partial charge in [-0.2, -0.15) is 9.29 Å². The first kappa shape index (κ1) is 21.9. The maximum absolute atomic E-state index is 12.7. The molecule has 0 atom stereocenters. The number of rotatable bonds is 7. The zero-order valence-electron chi connectivity index (χ0n) is 16.7. The lowest BCUT2D eigenvalue weighted by Gasteiger charge is -2.20. The summed E-state index contributed by atoms with van der Waals surface area (Å²) in [4.78, 5) is 18.2. The summed E-state index contributed by atoms with van der Waals surface area (Å²) in [5.74, 6) is 0.117. The van der Waals surface area contributed by atoms with E-state index in [2.05, 4.69) is 10.1 Å². The van der Waals surface area contributed by atoms with Crippen LogP contribution >= 0.6 is 11.6 Å². The first-order chi connectivity index (χ1) is 14.2. The minimum Gasteiger partial charge on any atom is -0.337 e. The topological polar surface area (TPSA) is 96.6 Å². The monoisotopic (exact) mass is 448 g/mol. The molecule has 0 spiro atoms. The predicted molar refractivity (Wildman–Crippen MR) is 112 cm³/mol. The molecule has 3 aromatic rings. The average Bonchev–Trinajstić information content (AvgIpc) is 3.16. The zero-order chi connectivity index (χ0) is 21.9. The fourth-order valence-corrected chi connectivity index (χ4v) is 3.99. The second-order valence-corrected chi connectivity index (χ2v) is 9.27. The highest BCUT2D eigenvalue weighted by Gasteiger charge is 2.25. The van der Waals surface area contributed by atoms with E-state index in [0.29, 0.717) is 16.4 Å². The molecule has 30 heavy (non-hydrogen) atoms. The van der Waals surface area contributed by atoms with Gasteiger partial charge in [0.15, 0.2) is 0 Å². The van der Waals surface area contributed by atoms with Crippen LogP contribution in [-0.4, -0.2) is 54.3 Å². The van der Waals surface area contributed by atoms with Gasteiger partial charge in [-0.3, -0.25) is 4.79 Å². The van der Waals surface area contributed by atoms with Gasteiger partial charge in [0.05, 0.1) is 23.0 Å². The standard InChI is InChI=1S/C20H21ClN4O4S/c1-14-8-10-15(11-9-14)30(27,28)25(3)13-19(26)24(2)12-18-22-20(23-29-18)16-6-4-5-7-17(16)21/h4-11H,12-13H2,1-3H3. The molecule has 0 fully saturated rings. The van der Waals surface area contributed by atoms with Crippen LogP contribution in [-0.2, 0) is 21.4 Å². The Morgan fingerprint density at radius 3 is 2.43 bits per heavy atom. The molecule has 0 saturated carbocycles. The Hall–Kier alpha value is -2.75. The number of carbonyl (C=O) groups excluding carboxylic acids is 1. The van der Waals surface area contributed by atoms with Crippen molar-refractivity contribution in [2.45, 2.75) is 18.4 Å². The van der Waals surface area contributed by atoms with Crippen LogP contribution in [0.1, 0.15) is 11.5 Å². The number of hydrogen-bond acceptors (Lipinski definition) is 6. The highest BCUT2D eigenvalue weighted by Crippen LogP contribution is 2.25. The van der Waals surface area contributed by atoms with Crippen LogP contribution in [0, 0.1) is 6.92 Å². The number of hydrogen-bond donors (Lipinski definition) is 0. The Balaban J connectivity index is 1.65. The molecule has 0 bridgehead atoms. The molecule has 8 nitrogen and oxygen atoms in total. The first-order valence-corrected chi connectivity index (χ1v) is 10.8. The minimum atomic E-state index is -3.77. The number of carbonyl (C=O) groups is 1. The third-order valence-corrected chi connectivity index (χ3v) is 6.62. The Morgan fingerprint density at radius 1 is 1.10 bits per heavy atom. The number of aromatic nitrogens is 2. The van der Waals surface area contributed by atoms with Crippen molar-refractivity contribution in [1.82, 2.24) is 19.3 Å². The first-order valence-electron chi connectivity index (χ1n) is 9.03. The molecule has 0 N–H and O–H groups in total. The Morgan fingerprint density at radius 2 is 1.77 bits per heavy atom. The third-order valence-electron chi connectivity index (χ3n) is 4.47. The maximum Gasteiger partial charge on any atom is 0.246 e. The Bertz CT molecular complexity index is 1150. The summed E-state index contributed by atoms with van der Waals surface area (Å²) < 4.78 is 31.5. The van der Waals surface area contributed by atoms with Crippen molar-refractivity contribution in [1.29, 1.82) is 0 Å². The number of nitrogens with zero attached hydrogens (tertiary/aromatic N) is 4. The lowest BCUT2D eigenvalue weighted by atomic mass is 10.2. The van der Waals surface area contributed by atoms with Crippen molar-refractivity contribution in [3.63, 3.8) is 0 Å². The summed E-state index contributed by atoms with van der Waals surface area (Å²) in [7, 11) is -0.874. The maximum atomic E-state index is 12.7. The van der Waals surface area contributed by atoms with E-state index in [4.69, 9.17) is 16.1 Å². The van der Waals surface area contributed by atoms with Crippen LogP contribution in [0.3, 0.4) is 0 Å².